The summed E-state index contributed by atoms with van der Waals surface area (Å²) in [7, 11) is 1.39. The average Bonchev–Trinajstić information content (AvgIpc) is 1.99. The largest absolute Gasteiger partial charge is 0.469 e. The topological polar surface area (TPSA) is 26.3 Å². The lowest BCUT2D eigenvalue weighted by atomic mass is 10.2. The summed E-state index contributed by atoms with van der Waals surface area (Å²) in [6, 6.07) is 0. The van der Waals surface area contributed by atoms with Gasteiger partial charge in [-0.3, -0.25) is 4.79 Å². The van der Waals surface area contributed by atoms with Crippen molar-refractivity contribution in [3.63, 3.8) is 0 Å². The molecule has 10 heavy (non-hydrogen) atoms. The highest BCUT2D eigenvalue weighted by molar-refractivity contribution is 7.84. The fourth-order valence-corrected chi connectivity index (χ4v) is 0.789. The van der Waals surface area contributed by atoms with Crippen LogP contribution in [0.2, 0.25) is 0 Å². The Hall–Kier alpha value is 0.170. The summed E-state index contributed by atoms with van der Waals surface area (Å²) in [6.07, 6.45) is 1.17. The van der Waals surface area contributed by atoms with Crippen molar-refractivity contribution in [2.24, 2.45) is 0 Å². The highest BCUT2D eigenvalue weighted by atomic mass is 32.1. The maximum atomic E-state index is 10.6. The quantitative estimate of drug-likeness (QED) is 0.502. The molecule has 0 aromatic rings. The molecule has 1 atom stereocenters. The van der Waals surface area contributed by atoms with Crippen LogP contribution in [-0.4, -0.2) is 24.1 Å². The van der Waals surface area contributed by atoms with Crippen molar-refractivity contribution in [1.29, 1.82) is 0 Å². The van der Waals surface area contributed by atoms with Crippen molar-refractivity contribution >= 4 is 31.2 Å². The lowest BCUT2D eigenvalue weighted by molar-refractivity contribution is -0.140. The van der Waals surface area contributed by atoms with E-state index in [1.165, 1.54) is 7.11 Å². The molecule has 2 nitrogen and oxygen atoms in total. The molecule has 0 bridgehead atoms. The third-order valence-corrected chi connectivity index (χ3v) is 2.29. The monoisotopic (exact) mass is 180 g/mol. The van der Waals surface area contributed by atoms with Crippen LogP contribution < -0.4 is 0 Å². The van der Waals surface area contributed by atoms with Crippen molar-refractivity contribution in [1.82, 2.24) is 0 Å². The number of ether oxygens (including phenoxy) is 1. The number of esters is 1. The van der Waals surface area contributed by atoms with E-state index < -0.39 is 0 Å². The molecule has 0 aliphatic rings. The molecule has 0 radical (unpaired) electrons. The number of carbonyl (C=O) groups excluding carboxylic acids is 1. The Bertz CT molecular complexity index is 106. The summed E-state index contributed by atoms with van der Waals surface area (Å²) in [5, 5.41) is 0.197. The van der Waals surface area contributed by atoms with Gasteiger partial charge in [0.15, 0.2) is 0 Å². The molecule has 0 saturated heterocycles. The Morgan fingerprint density at radius 1 is 1.70 bits per heavy atom. The molecule has 1 unspecified atom stereocenters. The van der Waals surface area contributed by atoms with Crippen molar-refractivity contribution in [2.75, 3.05) is 12.9 Å². The SMILES string of the molecule is COC(=O)CCC(S)CS. The van der Waals surface area contributed by atoms with Gasteiger partial charge in [-0.15, -0.1) is 0 Å². The van der Waals surface area contributed by atoms with E-state index in [0.717, 1.165) is 6.42 Å². The lowest BCUT2D eigenvalue weighted by Gasteiger charge is -2.04. The Morgan fingerprint density at radius 3 is 2.70 bits per heavy atom. The average molecular weight is 180 g/mol. The summed E-state index contributed by atoms with van der Waals surface area (Å²) in [6.45, 7) is 0. The molecule has 0 rings (SSSR count). The zero-order valence-corrected chi connectivity index (χ0v) is 7.70. The highest BCUT2D eigenvalue weighted by Crippen LogP contribution is 2.06. The van der Waals surface area contributed by atoms with Gasteiger partial charge in [0.1, 0.15) is 0 Å². The van der Waals surface area contributed by atoms with E-state index in [2.05, 4.69) is 30.0 Å². The van der Waals surface area contributed by atoms with Gasteiger partial charge in [0.05, 0.1) is 7.11 Å². The molecule has 0 N–H and O–H groups in total. The molecular formula is C6H12O2S2. The predicted molar refractivity (Wildman–Crippen MR) is 47.9 cm³/mol. The van der Waals surface area contributed by atoms with Gasteiger partial charge in [-0.25, -0.2) is 0 Å². The third kappa shape index (κ3) is 4.99. The van der Waals surface area contributed by atoms with Gasteiger partial charge in [-0.05, 0) is 6.42 Å². The maximum Gasteiger partial charge on any atom is 0.305 e. The van der Waals surface area contributed by atoms with Crippen LogP contribution in [0.1, 0.15) is 12.8 Å². The Morgan fingerprint density at radius 2 is 2.30 bits per heavy atom. The molecular weight excluding hydrogens is 168 g/mol. The van der Waals surface area contributed by atoms with Gasteiger partial charge < -0.3 is 4.74 Å². The van der Waals surface area contributed by atoms with Gasteiger partial charge in [0.25, 0.3) is 0 Å². The standard InChI is InChI=1S/C6H12O2S2/c1-8-6(7)3-2-5(10)4-9/h5,9-10H,2-4H2,1H3. The van der Waals surface area contributed by atoms with Crippen molar-refractivity contribution < 1.29 is 9.53 Å². The maximum absolute atomic E-state index is 10.6. The fraction of sp³-hybridized carbons (Fsp3) is 0.833. The molecule has 0 spiro atoms. The Kier molecular flexibility index (Phi) is 6.02. The lowest BCUT2D eigenvalue weighted by Crippen LogP contribution is -2.06. The molecule has 0 aliphatic heterocycles. The van der Waals surface area contributed by atoms with Crippen LogP contribution in [-0.2, 0) is 9.53 Å². The first kappa shape index (κ1) is 10.2. The summed E-state index contributed by atoms with van der Waals surface area (Å²) < 4.78 is 4.45. The first-order valence-corrected chi connectivity index (χ1v) is 4.21. The van der Waals surface area contributed by atoms with E-state index >= 15 is 0 Å². The first-order valence-electron chi connectivity index (χ1n) is 3.06. The molecule has 0 fully saturated rings. The molecule has 0 saturated carbocycles. The van der Waals surface area contributed by atoms with Crippen LogP contribution in [0.15, 0.2) is 0 Å². The molecule has 0 heterocycles. The summed E-state index contributed by atoms with van der Waals surface area (Å²) >= 11 is 8.18. The number of methoxy groups -OCH3 is 1. The first-order chi connectivity index (χ1) is 4.70. The van der Waals surface area contributed by atoms with Gasteiger partial charge >= 0.3 is 5.97 Å². The highest BCUT2D eigenvalue weighted by Gasteiger charge is 2.04. The number of hydrogen-bond donors (Lipinski definition) is 2. The number of rotatable bonds is 4. The van der Waals surface area contributed by atoms with Crippen LogP contribution in [0.5, 0.6) is 0 Å². The van der Waals surface area contributed by atoms with Gasteiger partial charge in [-0.1, -0.05) is 0 Å². The Balaban J connectivity index is 3.26. The molecule has 0 aromatic heterocycles. The zero-order valence-electron chi connectivity index (χ0n) is 5.91. The van der Waals surface area contributed by atoms with E-state index in [4.69, 9.17) is 0 Å². The van der Waals surface area contributed by atoms with Crippen LogP contribution >= 0.6 is 25.3 Å². The normalized spacial score (nSPS) is 12.7. The second-order valence-corrected chi connectivity index (χ2v) is 3.05. The molecule has 60 valence electrons. The predicted octanol–water partition coefficient (Wildman–Crippen LogP) is 1.17. The van der Waals surface area contributed by atoms with E-state index in [-0.39, 0.29) is 11.2 Å². The second kappa shape index (κ2) is 5.92. The third-order valence-electron chi connectivity index (χ3n) is 1.12. The zero-order chi connectivity index (χ0) is 7.98. The van der Waals surface area contributed by atoms with Crippen LogP contribution in [0.3, 0.4) is 0 Å². The second-order valence-electron chi connectivity index (χ2n) is 1.95. The van der Waals surface area contributed by atoms with Gasteiger partial charge in [0.2, 0.25) is 0 Å². The number of hydrogen-bond acceptors (Lipinski definition) is 4. The van der Waals surface area contributed by atoms with Crippen LogP contribution in [0.25, 0.3) is 0 Å². The molecule has 0 amide bonds. The van der Waals surface area contributed by atoms with Crippen molar-refractivity contribution in [3.8, 4) is 0 Å². The summed E-state index contributed by atoms with van der Waals surface area (Å²) in [5.41, 5.74) is 0. The Labute approximate surface area is 72.1 Å². The van der Waals surface area contributed by atoms with Crippen molar-refractivity contribution in [2.45, 2.75) is 18.1 Å². The number of carbonyl (C=O) groups is 1. The van der Waals surface area contributed by atoms with E-state index in [0.29, 0.717) is 12.2 Å². The van der Waals surface area contributed by atoms with E-state index in [1.54, 1.807) is 0 Å². The van der Waals surface area contributed by atoms with Crippen molar-refractivity contribution in [3.05, 3.63) is 0 Å². The summed E-state index contributed by atoms with van der Waals surface area (Å²) in [4.78, 5) is 10.6. The van der Waals surface area contributed by atoms with Gasteiger partial charge in [-0.2, -0.15) is 25.3 Å². The summed E-state index contributed by atoms with van der Waals surface area (Å²) in [5.74, 6) is 0.515. The molecule has 0 aliphatic carbocycles. The molecule has 0 aromatic carbocycles. The fourth-order valence-electron chi connectivity index (χ4n) is 0.478. The van der Waals surface area contributed by atoms with Crippen LogP contribution in [0.4, 0.5) is 0 Å². The van der Waals surface area contributed by atoms with Crippen LogP contribution in [0, 0.1) is 0 Å². The van der Waals surface area contributed by atoms with E-state index in [9.17, 15) is 4.79 Å². The minimum absolute atomic E-state index is 0.180. The number of thiol groups is 2. The molecule has 4 heteroatoms. The smallest absolute Gasteiger partial charge is 0.305 e. The van der Waals surface area contributed by atoms with E-state index in [1.807, 2.05) is 0 Å². The minimum Gasteiger partial charge on any atom is -0.469 e. The van der Waals surface area contributed by atoms with Gasteiger partial charge in [0, 0.05) is 17.4 Å². The minimum atomic E-state index is -0.180.